The second-order valence-electron chi connectivity index (χ2n) is 4.45. The number of hydrogen-bond acceptors (Lipinski definition) is 4. The van der Waals surface area contributed by atoms with Gasteiger partial charge in [0.15, 0.2) is 0 Å². The van der Waals surface area contributed by atoms with E-state index >= 15 is 0 Å². The Kier molecular flexibility index (Phi) is 4.34. The molecule has 0 aliphatic heterocycles. The van der Waals surface area contributed by atoms with Crippen molar-refractivity contribution in [3.8, 4) is 0 Å². The molecule has 1 aromatic carbocycles. The zero-order valence-electron chi connectivity index (χ0n) is 11.7. The normalized spacial score (nSPS) is 10.5. The molecular formula is C14H18N4O2. The van der Waals surface area contributed by atoms with Crippen molar-refractivity contribution in [3.05, 3.63) is 51.8 Å². The molecule has 0 radical (unpaired) electrons. The number of aromatic nitrogens is 2. The van der Waals surface area contributed by atoms with Gasteiger partial charge in [0.25, 0.3) is 5.69 Å². The number of rotatable bonds is 6. The summed E-state index contributed by atoms with van der Waals surface area (Å²) in [7, 11) is 0. The van der Waals surface area contributed by atoms with Gasteiger partial charge < -0.3 is 5.32 Å². The summed E-state index contributed by atoms with van der Waals surface area (Å²) in [6.07, 6.45) is 2.41. The van der Waals surface area contributed by atoms with Gasteiger partial charge in [-0.2, -0.15) is 5.10 Å². The van der Waals surface area contributed by atoms with E-state index in [1.165, 1.54) is 0 Å². The molecule has 2 aromatic rings. The van der Waals surface area contributed by atoms with Crippen LogP contribution in [0, 0.1) is 10.1 Å². The highest BCUT2D eigenvalue weighted by Crippen LogP contribution is 2.24. The number of nitro groups is 1. The van der Waals surface area contributed by atoms with E-state index in [-0.39, 0.29) is 10.6 Å². The molecule has 0 bridgehead atoms. The quantitative estimate of drug-likeness (QED) is 0.649. The van der Waals surface area contributed by atoms with Gasteiger partial charge in [-0.25, -0.2) is 0 Å². The van der Waals surface area contributed by atoms with E-state index < -0.39 is 0 Å². The van der Waals surface area contributed by atoms with Crippen LogP contribution in [0.1, 0.15) is 25.1 Å². The van der Waals surface area contributed by atoms with Crippen molar-refractivity contribution < 1.29 is 4.92 Å². The van der Waals surface area contributed by atoms with Crippen LogP contribution in [0.2, 0.25) is 0 Å². The van der Waals surface area contributed by atoms with Crippen LogP contribution in [-0.4, -0.2) is 14.7 Å². The molecule has 0 unspecified atom stereocenters. The lowest BCUT2D eigenvalue weighted by Gasteiger charge is -2.09. The maximum absolute atomic E-state index is 11.0. The Bertz CT molecular complexity index is 607. The summed E-state index contributed by atoms with van der Waals surface area (Å²) in [6, 6.07) is 7.20. The molecule has 0 amide bonds. The van der Waals surface area contributed by atoms with Gasteiger partial charge in [0.1, 0.15) is 0 Å². The predicted octanol–water partition coefficient (Wildman–Crippen LogP) is 2.99. The number of anilines is 1. The Hall–Kier alpha value is -2.37. The van der Waals surface area contributed by atoms with E-state index in [0.29, 0.717) is 13.0 Å². The van der Waals surface area contributed by atoms with Crippen LogP contribution in [-0.2, 0) is 19.5 Å². The van der Waals surface area contributed by atoms with Gasteiger partial charge in [-0.1, -0.05) is 13.0 Å². The molecule has 1 N–H and O–H groups in total. The molecule has 1 heterocycles. The first-order valence-corrected chi connectivity index (χ1v) is 6.67. The molecule has 106 valence electrons. The van der Waals surface area contributed by atoms with Crippen molar-refractivity contribution in [2.45, 2.75) is 33.4 Å². The van der Waals surface area contributed by atoms with Gasteiger partial charge in [0.2, 0.25) is 0 Å². The van der Waals surface area contributed by atoms with Gasteiger partial charge >= 0.3 is 0 Å². The van der Waals surface area contributed by atoms with Crippen LogP contribution in [0.3, 0.4) is 0 Å². The SMILES string of the molecule is CCc1ccc(NCc2ccnn2CC)cc1[N+](=O)[O-]. The maximum Gasteiger partial charge on any atom is 0.274 e. The summed E-state index contributed by atoms with van der Waals surface area (Å²) in [4.78, 5) is 10.7. The molecular weight excluding hydrogens is 256 g/mol. The molecule has 0 aliphatic carbocycles. The van der Waals surface area contributed by atoms with Crippen molar-refractivity contribution in [1.82, 2.24) is 9.78 Å². The van der Waals surface area contributed by atoms with Gasteiger partial charge in [0, 0.05) is 30.1 Å². The molecule has 2 rings (SSSR count). The number of benzene rings is 1. The lowest BCUT2D eigenvalue weighted by Crippen LogP contribution is -2.08. The zero-order valence-corrected chi connectivity index (χ0v) is 11.7. The molecule has 6 nitrogen and oxygen atoms in total. The number of nitro benzene ring substituents is 1. The van der Waals surface area contributed by atoms with E-state index in [1.807, 2.05) is 30.7 Å². The molecule has 0 fully saturated rings. The van der Waals surface area contributed by atoms with Gasteiger partial charge in [-0.3, -0.25) is 14.8 Å². The van der Waals surface area contributed by atoms with Crippen molar-refractivity contribution in [2.75, 3.05) is 5.32 Å². The van der Waals surface area contributed by atoms with Crippen LogP contribution in [0.5, 0.6) is 0 Å². The smallest absolute Gasteiger partial charge is 0.274 e. The first kappa shape index (κ1) is 14.0. The highest BCUT2D eigenvalue weighted by molar-refractivity contribution is 5.55. The third-order valence-electron chi connectivity index (χ3n) is 3.24. The van der Waals surface area contributed by atoms with Crippen LogP contribution in [0.25, 0.3) is 0 Å². The van der Waals surface area contributed by atoms with Crippen LogP contribution < -0.4 is 5.32 Å². The molecule has 0 atom stereocenters. The third kappa shape index (κ3) is 2.96. The van der Waals surface area contributed by atoms with Crippen LogP contribution in [0.4, 0.5) is 11.4 Å². The van der Waals surface area contributed by atoms with Crippen LogP contribution >= 0.6 is 0 Å². The van der Waals surface area contributed by atoms with Crippen molar-refractivity contribution in [3.63, 3.8) is 0 Å². The summed E-state index contributed by atoms with van der Waals surface area (Å²) >= 11 is 0. The summed E-state index contributed by atoms with van der Waals surface area (Å²) in [5, 5.41) is 18.4. The average Bonchev–Trinajstić information content (AvgIpc) is 2.92. The molecule has 0 aliphatic rings. The largest absolute Gasteiger partial charge is 0.379 e. The minimum absolute atomic E-state index is 0.168. The Morgan fingerprint density at radius 3 is 2.80 bits per heavy atom. The third-order valence-corrected chi connectivity index (χ3v) is 3.24. The molecule has 6 heteroatoms. The Morgan fingerprint density at radius 1 is 1.35 bits per heavy atom. The second kappa shape index (κ2) is 6.18. The Morgan fingerprint density at radius 2 is 2.15 bits per heavy atom. The summed E-state index contributed by atoms with van der Waals surface area (Å²) in [6.45, 7) is 5.34. The number of aryl methyl sites for hydroxylation is 2. The van der Waals surface area contributed by atoms with Crippen molar-refractivity contribution >= 4 is 11.4 Å². The van der Waals surface area contributed by atoms with E-state index in [2.05, 4.69) is 10.4 Å². The topological polar surface area (TPSA) is 73.0 Å². The van der Waals surface area contributed by atoms with Crippen LogP contribution in [0.15, 0.2) is 30.5 Å². The van der Waals surface area contributed by atoms with E-state index in [0.717, 1.165) is 23.5 Å². The zero-order chi connectivity index (χ0) is 14.5. The van der Waals surface area contributed by atoms with Crippen molar-refractivity contribution in [2.24, 2.45) is 0 Å². The summed E-state index contributed by atoms with van der Waals surface area (Å²) in [5.41, 5.74) is 2.72. The number of nitrogens with one attached hydrogen (secondary N) is 1. The first-order valence-electron chi connectivity index (χ1n) is 6.67. The predicted molar refractivity (Wildman–Crippen MR) is 77.7 cm³/mol. The van der Waals surface area contributed by atoms with E-state index in [4.69, 9.17) is 0 Å². The van der Waals surface area contributed by atoms with Crippen molar-refractivity contribution in [1.29, 1.82) is 0 Å². The monoisotopic (exact) mass is 274 g/mol. The Balaban J connectivity index is 2.14. The van der Waals surface area contributed by atoms with E-state index in [1.54, 1.807) is 18.3 Å². The minimum Gasteiger partial charge on any atom is -0.379 e. The summed E-state index contributed by atoms with van der Waals surface area (Å²) < 4.78 is 1.89. The molecule has 1 aromatic heterocycles. The number of hydrogen-bond donors (Lipinski definition) is 1. The van der Waals surface area contributed by atoms with Gasteiger partial charge in [-0.15, -0.1) is 0 Å². The second-order valence-corrected chi connectivity index (χ2v) is 4.45. The fraction of sp³-hybridized carbons (Fsp3) is 0.357. The lowest BCUT2D eigenvalue weighted by molar-refractivity contribution is -0.385. The molecule has 0 spiro atoms. The van der Waals surface area contributed by atoms with E-state index in [9.17, 15) is 10.1 Å². The average molecular weight is 274 g/mol. The standard InChI is InChI=1S/C14H18N4O2/c1-3-11-5-6-12(9-14(11)18(19)20)15-10-13-7-8-16-17(13)4-2/h5-9,15H,3-4,10H2,1-2H3. The molecule has 0 saturated heterocycles. The highest BCUT2D eigenvalue weighted by Gasteiger charge is 2.13. The summed E-state index contributed by atoms with van der Waals surface area (Å²) in [5.74, 6) is 0. The lowest BCUT2D eigenvalue weighted by atomic mass is 10.1. The Labute approximate surface area is 117 Å². The van der Waals surface area contributed by atoms with Gasteiger partial charge in [0.05, 0.1) is 17.2 Å². The fourth-order valence-corrected chi connectivity index (χ4v) is 2.13. The van der Waals surface area contributed by atoms with Gasteiger partial charge in [-0.05, 0) is 25.5 Å². The minimum atomic E-state index is -0.333. The fourth-order valence-electron chi connectivity index (χ4n) is 2.13. The first-order chi connectivity index (χ1) is 9.65. The highest BCUT2D eigenvalue weighted by atomic mass is 16.6. The maximum atomic E-state index is 11.0. The number of nitrogens with zero attached hydrogens (tertiary/aromatic N) is 3. The molecule has 0 saturated carbocycles. The molecule has 20 heavy (non-hydrogen) atoms.